The summed E-state index contributed by atoms with van der Waals surface area (Å²) in [7, 11) is 0. The number of rotatable bonds is 6. The molecule has 1 atom stereocenters. The van der Waals surface area contributed by atoms with E-state index < -0.39 is 0 Å². The van der Waals surface area contributed by atoms with Gasteiger partial charge in [0.15, 0.2) is 5.13 Å². The highest BCUT2D eigenvalue weighted by molar-refractivity contribution is 7.13. The van der Waals surface area contributed by atoms with Gasteiger partial charge in [0, 0.05) is 36.8 Å². The second-order valence-corrected chi connectivity index (χ2v) is 6.68. The molecule has 2 aromatic rings. The van der Waals surface area contributed by atoms with Crippen molar-refractivity contribution in [1.29, 1.82) is 0 Å². The maximum absolute atomic E-state index is 9.64. The molecule has 2 heterocycles. The molecular weight excluding hydrogens is 294 g/mol. The molecule has 4 nitrogen and oxygen atoms in total. The molecule has 3 rings (SSSR count). The normalized spacial score (nSPS) is 17.6. The van der Waals surface area contributed by atoms with Gasteiger partial charge in [-0.1, -0.05) is 30.3 Å². The number of thiazole rings is 1. The standard InChI is InChI=1S/C17H23N3OS/c21-13-16(12-14-4-2-1-3-5-14)19-15-6-9-20(10-7-15)17-18-8-11-22-17/h1-5,8,11,15-16,19,21H,6-7,9-10,12-13H2/t16-/m1/s1. The lowest BCUT2D eigenvalue weighted by Gasteiger charge is -2.34. The van der Waals surface area contributed by atoms with Crippen molar-refractivity contribution in [3.05, 3.63) is 47.5 Å². The van der Waals surface area contributed by atoms with E-state index in [1.54, 1.807) is 11.3 Å². The molecule has 22 heavy (non-hydrogen) atoms. The van der Waals surface area contributed by atoms with Crippen molar-refractivity contribution >= 4 is 16.5 Å². The van der Waals surface area contributed by atoms with Crippen LogP contribution in [0, 0.1) is 0 Å². The van der Waals surface area contributed by atoms with Crippen molar-refractivity contribution in [2.24, 2.45) is 0 Å². The van der Waals surface area contributed by atoms with E-state index in [0.717, 1.165) is 37.5 Å². The zero-order valence-corrected chi connectivity index (χ0v) is 13.5. The first kappa shape index (κ1) is 15.5. The number of aromatic nitrogens is 1. The Morgan fingerprint density at radius 3 is 2.68 bits per heavy atom. The van der Waals surface area contributed by atoms with Crippen LogP contribution in [0.25, 0.3) is 0 Å². The Hall–Kier alpha value is -1.43. The van der Waals surface area contributed by atoms with Crippen LogP contribution in [0.3, 0.4) is 0 Å². The Labute approximate surface area is 135 Å². The lowest BCUT2D eigenvalue weighted by molar-refractivity contribution is 0.222. The smallest absolute Gasteiger partial charge is 0.185 e. The zero-order chi connectivity index (χ0) is 15.2. The summed E-state index contributed by atoms with van der Waals surface area (Å²) in [6.45, 7) is 2.25. The van der Waals surface area contributed by atoms with E-state index in [1.807, 2.05) is 17.6 Å². The summed E-state index contributed by atoms with van der Waals surface area (Å²) in [6.07, 6.45) is 4.95. The molecule has 1 aromatic heterocycles. The molecule has 0 aliphatic carbocycles. The molecule has 1 aliphatic heterocycles. The van der Waals surface area contributed by atoms with Crippen LogP contribution >= 0.6 is 11.3 Å². The van der Waals surface area contributed by atoms with Crippen LogP contribution in [0.1, 0.15) is 18.4 Å². The Kier molecular flexibility index (Phi) is 5.43. The molecule has 0 amide bonds. The first-order valence-electron chi connectivity index (χ1n) is 7.90. The number of nitrogens with one attached hydrogen (secondary N) is 1. The third-order valence-electron chi connectivity index (χ3n) is 4.20. The Morgan fingerprint density at radius 2 is 2.05 bits per heavy atom. The highest BCUT2D eigenvalue weighted by Crippen LogP contribution is 2.22. The molecule has 0 spiro atoms. The van der Waals surface area contributed by atoms with E-state index in [0.29, 0.717) is 6.04 Å². The van der Waals surface area contributed by atoms with Gasteiger partial charge in [0.05, 0.1) is 6.61 Å². The minimum atomic E-state index is 0.138. The highest BCUT2D eigenvalue weighted by atomic mass is 32.1. The first-order chi connectivity index (χ1) is 10.8. The topological polar surface area (TPSA) is 48.4 Å². The molecule has 1 aromatic carbocycles. The fraction of sp³-hybridized carbons (Fsp3) is 0.471. The minimum absolute atomic E-state index is 0.138. The fourth-order valence-corrected chi connectivity index (χ4v) is 3.71. The van der Waals surface area contributed by atoms with Crippen molar-refractivity contribution in [3.8, 4) is 0 Å². The van der Waals surface area contributed by atoms with Crippen LogP contribution in [0.15, 0.2) is 41.9 Å². The number of hydrogen-bond donors (Lipinski definition) is 2. The highest BCUT2D eigenvalue weighted by Gasteiger charge is 2.22. The number of hydrogen-bond acceptors (Lipinski definition) is 5. The van der Waals surface area contributed by atoms with Gasteiger partial charge < -0.3 is 15.3 Å². The Balaban J connectivity index is 1.48. The number of benzene rings is 1. The third-order valence-corrected chi connectivity index (χ3v) is 5.03. The molecule has 118 valence electrons. The summed E-state index contributed by atoms with van der Waals surface area (Å²) in [5, 5.41) is 16.4. The number of aliphatic hydroxyl groups excluding tert-OH is 1. The van der Waals surface area contributed by atoms with E-state index in [4.69, 9.17) is 0 Å². The molecule has 0 bridgehead atoms. The van der Waals surface area contributed by atoms with Gasteiger partial charge in [-0.2, -0.15) is 0 Å². The van der Waals surface area contributed by atoms with Gasteiger partial charge in [-0.3, -0.25) is 0 Å². The molecule has 5 heteroatoms. The molecule has 1 aliphatic rings. The fourth-order valence-electron chi connectivity index (χ4n) is 3.02. The molecular formula is C17H23N3OS. The molecule has 1 saturated heterocycles. The van der Waals surface area contributed by atoms with E-state index in [9.17, 15) is 5.11 Å². The van der Waals surface area contributed by atoms with Gasteiger partial charge in [0.25, 0.3) is 0 Å². The third kappa shape index (κ3) is 4.06. The van der Waals surface area contributed by atoms with Crippen LogP contribution in [-0.2, 0) is 6.42 Å². The molecule has 2 N–H and O–H groups in total. The van der Waals surface area contributed by atoms with Crippen molar-refractivity contribution < 1.29 is 5.11 Å². The second kappa shape index (κ2) is 7.72. The van der Waals surface area contributed by atoms with Gasteiger partial charge in [-0.05, 0) is 24.8 Å². The lowest BCUT2D eigenvalue weighted by Crippen LogP contribution is -2.48. The summed E-state index contributed by atoms with van der Waals surface area (Å²) in [6, 6.07) is 11.0. The van der Waals surface area contributed by atoms with Crippen LogP contribution in [0.4, 0.5) is 5.13 Å². The summed E-state index contributed by atoms with van der Waals surface area (Å²) in [5.41, 5.74) is 1.27. The minimum Gasteiger partial charge on any atom is -0.395 e. The summed E-state index contributed by atoms with van der Waals surface area (Å²) < 4.78 is 0. The van der Waals surface area contributed by atoms with Gasteiger partial charge in [-0.15, -0.1) is 11.3 Å². The Bertz CT molecular complexity index is 538. The summed E-state index contributed by atoms with van der Waals surface area (Å²) >= 11 is 1.71. The maximum atomic E-state index is 9.64. The number of aliphatic hydroxyl groups is 1. The zero-order valence-electron chi connectivity index (χ0n) is 12.7. The van der Waals surface area contributed by atoms with Crippen molar-refractivity contribution in [2.45, 2.75) is 31.3 Å². The average Bonchev–Trinajstić information content (AvgIpc) is 3.10. The molecule has 0 radical (unpaired) electrons. The lowest BCUT2D eigenvalue weighted by atomic mass is 10.0. The number of piperidine rings is 1. The van der Waals surface area contributed by atoms with Gasteiger partial charge in [-0.25, -0.2) is 4.98 Å². The van der Waals surface area contributed by atoms with Crippen LogP contribution < -0.4 is 10.2 Å². The van der Waals surface area contributed by atoms with E-state index >= 15 is 0 Å². The van der Waals surface area contributed by atoms with Crippen LogP contribution in [0.5, 0.6) is 0 Å². The summed E-state index contributed by atoms with van der Waals surface area (Å²) in [5.74, 6) is 0. The molecule has 0 saturated carbocycles. The monoisotopic (exact) mass is 317 g/mol. The largest absolute Gasteiger partial charge is 0.395 e. The number of nitrogens with zero attached hydrogens (tertiary/aromatic N) is 2. The van der Waals surface area contributed by atoms with Crippen molar-refractivity contribution in [2.75, 3.05) is 24.6 Å². The van der Waals surface area contributed by atoms with Crippen molar-refractivity contribution in [1.82, 2.24) is 10.3 Å². The SMILES string of the molecule is OC[C@@H](Cc1ccccc1)NC1CCN(c2nccs2)CC1. The quantitative estimate of drug-likeness (QED) is 0.858. The number of anilines is 1. The first-order valence-corrected chi connectivity index (χ1v) is 8.78. The van der Waals surface area contributed by atoms with Gasteiger partial charge >= 0.3 is 0 Å². The van der Waals surface area contributed by atoms with E-state index in [1.165, 1.54) is 5.56 Å². The van der Waals surface area contributed by atoms with E-state index in [-0.39, 0.29) is 12.6 Å². The van der Waals surface area contributed by atoms with E-state index in [2.05, 4.69) is 39.5 Å². The van der Waals surface area contributed by atoms with Crippen LogP contribution in [-0.4, -0.2) is 41.9 Å². The predicted molar refractivity (Wildman–Crippen MR) is 91.5 cm³/mol. The van der Waals surface area contributed by atoms with Gasteiger partial charge in [0.2, 0.25) is 0 Å². The molecule has 0 unspecified atom stereocenters. The Morgan fingerprint density at radius 1 is 1.27 bits per heavy atom. The van der Waals surface area contributed by atoms with Crippen molar-refractivity contribution in [3.63, 3.8) is 0 Å². The van der Waals surface area contributed by atoms with Gasteiger partial charge in [0.1, 0.15) is 0 Å². The summed E-state index contributed by atoms with van der Waals surface area (Å²) in [4.78, 5) is 6.74. The molecule has 1 fully saturated rings. The average molecular weight is 317 g/mol. The second-order valence-electron chi connectivity index (χ2n) is 5.81. The van der Waals surface area contributed by atoms with Crippen LogP contribution in [0.2, 0.25) is 0 Å². The maximum Gasteiger partial charge on any atom is 0.185 e. The predicted octanol–water partition coefficient (Wildman–Crippen LogP) is 2.31.